The first kappa shape index (κ1) is 16.4. The zero-order valence-electron chi connectivity index (χ0n) is 13.6. The molecule has 2 rings (SSSR count). The first-order valence-electron chi connectivity index (χ1n) is 8.15. The molecular weight excluding hydrogens is 262 g/mol. The van der Waals surface area contributed by atoms with Crippen molar-refractivity contribution < 1.29 is 4.74 Å². The molecule has 1 unspecified atom stereocenters. The van der Waals surface area contributed by atoms with Crippen LogP contribution in [-0.2, 0) is 17.8 Å². The van der Waals surface area contributed by atoms with Crippen LogP contribution in [-0.4, -0.2) is 42.2 Å². The van der Waals surface area contributed by atoms with Crippen LogP contribution in [0.5, 0.6) is 0 Å². The highest BCUT2D eigenvalue weighted by Crippen LogP contribution is 2.11. The van der Waals surface area contributed by atoms with Crippen molar-refractivity contribution in [2.75, 3.05) is 26.2 Å². The summed E-state index contributed by atoms with van der Waals surface area (Å²) < 4.78 is 5.71. The zero-order chi connectivity index (χ0) is 15.1. The SMILES string of the molecule is CCC1CN(Cc2ccc(CNCC(C)C)cn2)CCO1. The predicted octanol–water partition coefficient (Wildman–Crippen LogP) is 2.44. The maximum Gasteiger partial charge on any atom is 0.0700 e. The summed E-state index contributed by atoms with van der Waals surface area (Å²) in [5.74, 6) is 0.685. The van der Waals surface area contributed by atoms with Gasteiger partial charge < -0.3 is 10.1 Å². The summed E-state index contributed by atoms with van der Waals surface area (Å²) in [5.41, 5.74) is 2.41. The lowest BCUT2D eigenvalue weighted by atomic mass is 10.2. The second-order valence-corrected chi connectivity index (χ2v) is 6.32. The van der Waals surface area contributed by atoms with Crippen LogP contribution >= 0.6 is 0 Å². The summed E-state index contributed by atoms with van der Waals surface area (Å²) in [6, 6.07) is 4.34. The van der Waals surface area contributed by atoms with Crippen molar-refractivity contribution in [3.05, 3.63) is 29.6 Å². The Balaban J connectivity index is 1.79. The molecule has 0 spiro atoms. The van der Waals surface area contributed by atoms with E-state index in [4.69, 9.17) is 4.74 Å². The Kier molecular flexibility index (Phi) is 6.61. The van der Waals surface area contributed by atoms with Crippen LogP contribution in [0, 0.1) is 5.92 Å². The fourth-order valence-electron chi connectivity index (χ4n) is 2.56. The van der Waals surface area contributed by atoms with Gasteiger partial charge in [0.2, 0.25) is 0 Å². The summed E-state index contributed by atoms with van der Waals surface area (Å²) in [7, 11) is 0. The van der Waals surface area contributed by atoms with E-state index in [0.29, 0.717) is 12.0 Å². The van der Waals surface area contributed by atoms with Crippen molar-refractivity contribution in [1.82, 2.24) is 15.2 Å². The first-order valence-corrected chi connectivity index (χ1v) is 8.15. The summed E-state index contributed by atoms with van der Waals surface area (Å²) in [6.45, 7) is 12.4. The molecular formula is C17H29N3O. The van der Waals surface area contributed by atoms with Crippen molar-refractivity contribution >= 4 is 0 Å². The number of rotatable bonds is 7. The third kappa shape index (κ3) is 5.73. The summed E-state index contributed by atoms with van der Waals surface area (Å²) in [5, 5.41) is 3.45. The van der Waals surface area contributed by atoms with E-state index in [-0.39, 0.29) is 0 Å². The van der Waals surface area contributed by atoms with Crippen molar-refractivity contribution in [3.63, 3.8) is 0 Å². The molecule has 0 radical (unpaired) electrons. The minimum absolute atomic E-state index is 0.387. The van der Waals surface area contributed by atoms with Crippen molar-refractivity contribution in [1.29, 1.82) is 0 Å². The topological polar surface area (TPSA) is 37.4 Å². The number of nitrogens with one attached hydrogen (secondary N) is 1. The van der Waals surface area contributed by atoms with Gasteiger partial charge in [0.05, 0.1) is 18.4 Å². The molecule has 1 N–H and O–H groups in total. The van der Waals surface area contributed by atoms with Crippen LogP contribution < -0.4 is 5.32 Å². The average Bonchev–Trinajstić information content (AvgIpc) is 2.49. The fraction of sp³-hybridized carbons (Fsp3) is 0.706. The Morgan fingerprint density at radius 1 is 1.43 bits per heavy atom. The van der Waals surface area contributed by atoms with E-state index in [0.717, 1.165) is 51.4 Å². The van der Waals surface area contributed by atoms with Gasteiger partial charge in [-0.25, -0.2) is 0 Å². The van der Waals surface area contributed by atoms with Crippen LogP contribution in [0.1, 0.15) is 38.4 Å². The van der Waals surface area contributed by atoms with Gasteiger partial charge in [0.15, 0.2) is 0 Å². The van der Waals surface area contributed by atoms with E-state index >= 15 is 0 Å². The highest BCUT2D eigenvalue weighted by Gasteiger charge is 2.19. The molecule has 1 atom stereocenters. The number of nitrogens with zero attached hydrogens (tertiary/aromatic N) is 2. The number of aromatic nitrogens is 1. The highest BCUT2D eigenvalue weighted by atomic mass is 16.5. The molecule has 21 heavy (non-hydrogen) atoms. The lowest BCUT2D eigenvalue weighted by Crippen LogP contribution is -2.41. The molecule has 0 saturated carbocycles. The number of hydrogen-bond donors (Lipinski definition) is 1. The van der Waals surface area contributed by atoms with E-state index in [9.17, 15) is 0 Å². The van der Waals surface area contributed by atoms with Gasteiger partial charge in [0.1, 0.15) is 0 Å². The molecule has 1 fully saturated rings. The highest BCUT2D eigenvalue weighted by molar-refractivity contribution is 5.14. The molecule has 4 heteroatoms. The van der Waals surface area contributed by atoms with Gasteiger partial charge in [-0.2, -0.15) is 0 Å². The number of hydrogen-bond acceptors (Lipinski definition) is 4. The normalized spacial score (nSPS) is 20.1. The maximum atomic E-state index is 5.71. The summed E-state index contributed by atoms with van der Waals surface area (Å²) in [4.78, 5) is 7.04. The maximum absolute atomic E-state index is 5.71. The van der Waals surface area contributed by atoms with Gasteiger partial charge in [0, 0.05) is 32.4 Å². The van der Waals surface area contributed by atoms with Gasteiger partial charge in [-0.3, -0.25) is 9.88 Å². The Morgan fingerprint density at radius 2 is 2.29 bits per heavy atom. The van der Waals surface area contributed by atoms with E-state index < -0.39 is 0 Å². The molecule has 4 nitrogen and oxygen atoms in total. The van der Waals surface area contributed by atoms with Gasteiger partial charge >= 0.3 is 0 Å². The Hall–Kier alpha value is -0.970. The molecule has 0 aliphatic carbocycles. The Morgan fingerprint density at radius 3 is 2.95 bits per heavy atom. The van der Waals surface area contributed by atoms with Crippen LogP contribution in [0.15, 0.2) is 18.3 Å². The monoisotopic (exact) mass is 291 g/mol. The zero-order valence-corrected chi connectivity index (χ0v) is 13.6. The second kappa shape index (κ2) is 8.47. The Labute approximate surface area is 128 Å². The summed E-state index contributed by atoms with van der Waals surface area (Å²) >= 11 is 0. The molecule has 2 heterocycles. The molecule has 0 bridgehead atoms. The van der Waals surface area contributed by atoms with Crippen molar-refractivity contribution in [3.8, 4) is 0 Å². The van der Waals surface area contributed by atoms with E-state index in [2.05, 4.69) is 48.1 Å². The molecule has 1 aliphatic rings. The number of ether oxygens (including phenoxy) is 1. The van der Waals surface area contributed by atoms with Crippen LogP contribution in [0.4, 0.5) is 0 Å². The van der Waals surface area contributed by atoms with Crippen LogP contribution in [0.2, 0.25) is 0 Å². The molecule has 1 aliphatic heterocycles. The van der Waals surface area contributed by atoms with E-state index in [1.165, 1.54) is 5.56 Å². The van der Waals surface area contributed by atoms with Gasteiger partial charge in [-0.15, -0.1) is 0 Å². The van der Waals surface area contributed by atoms with E-state index in [1.807, 2.05) is 6.20 Å². The first-order chi connectivity index (χ1) is 10.2. The smallest absolute Gasteiger partial charge is 0.0700 e. The van der Waals surface area contributed by atoms with Gasteiger partial charge in [-0.05, 0) is 30.5 Å². The Bertz CT molecular complexity index is 405. The third-order valence-electron chi connectivity index (χ3n) is 3.83. The molecule has 0 aromatic carbocycles. The molecule has 1 saturated heterocycles. The molecule has 118 valence electrons. The minimum Gasteiger partial charge on any atom is -0.376 e. The summed E-state index contributed by atoms with van der Waals surface area (Å²) in [6.07, 6.45) is 3.48. The predicted molar refractivity (Wildman–Crippen MR) is 86.1 cm³/mol. The average molecular weight is 291 g/mol. The van der Waals surface area contributed by atoms with Crippen molar-refractivity contribution in [2.24, 2.45) is 5.92 Å². The number of pyridine rings is 1. The molecule has 1 aromatic rings. The van der Waals surface area contributed by atoms with Gasteiger partial charge in [0.25, 0.3) is 0 Å². The fourth-order valence-corrected chi connectivity index (χ4v) is 2.56. The largest absolute Gasteiger partial charge is 0.376 e. The third-order valence-corrected chi connectivity index (χ3v) is 3.83. The second-order valence-electron chi connectivity index (χ2n) is 6.32. The van der Waals surface area contributed by atoms with E-state index in [1.54, 1.807) is 0 Å². The van der Waals surface area contributed by atoms with Crippen LogP contribution in [0.25, 0.3) is 0 Å². The van der Waals surface area contributed by atoms with Crippen molar-refractivity contribution in [2.45, 2.75) is 46.4 Å². The molecule has 0 amide bonds. The standard InChI is InChI=1S/C17H29N3O/c1-4-17-13-20(7-8-21-17)12-16-6-5-15(11-19-16)10-18-9-14(2)3/h5-6,11,14,17-18H,4,7-10,12-13H2,1-3H3. The van der Waals surface area contributed by atoms with Gasteiger partial charge in [-0.1, -0.05) is 26.8 Å². The minimum atomic E-state index is 0.387. The quantitative estimate of drug-likeness (QED) is 0.837. The lowest BCUT2D eigenvalue weighted by molar-refractivity contribution is -0.0328. The number of morpholine rings is 1. The molecule has 1 aromatic heterocycles. The lowest BCUT2D eigenvalue weighted by Gasteiger charge is -2.32. The van der Waals surface area contributed by atoms with Crippen LogP contribution in [0.3, 0.4) is 0 Å².